The first kappa shape index (κ1) is 17.4. The molecule has 4 rings (SSSR count). The van der Waals surface area contributed by atoms with E-state index in [2.05, 4.69) is 9.88 Å². The number of halogens is 1. The minimum absolute atomic E-state index is 0.0525. The number of rotatable bonds is 3. The molecule has 6 nitrogen and oxygen atoms in total. The summed E-state index contributed by atoms with van der Waals surface area (Å²) in [5.74, 6) is -0.574. The van der Waals surface area contributed by atoms with Crippen LogP contribution in [0.2, 0.25) is 0 Å². The Morgan fingerprint density at radius 3 is 2.81 bits per heavy atom. The van der Waals surface area contributed by atoms with E-state index >= 15 is 0 Å². The molecule has 0 amide bonds. The highest BCUT2D eigenvalue weighted by Crippen LogP contribution is 2.40. The van der Waals surface area contributed by atoms with E-state index in [9.17, 15) is 12.8 Å². The Kier molecular flexibility index (Phi) is 4.42. The van der Waals surface area contributed by atoms with Gasteiger partial charge in [-0.3, -0.25) is 14.2 Å². The second-order valence-corrected chi connectivity index (χ2v) is 8.68. The monoisotopic (exact) mass is 376 g/mol. The van der Waals surface area contributed by atoms with Crippen LogP contribution in [0.4, 0.5) is 10.1 Å². The largest absolute Gasteiger partial charge is 0.327 e. The molecule has 1 aromatic carbocycles. The predicted molar refractivity (Wildman–Crippen MR) is 96.7 cm³/mol. The molecular formula is C18H21FN4O2S. The minimum atomic E-state index is -3.86. The molecule has 1 fully saturated rings. The molecule has 0 radical (unpaired) electrons. The zero-order valence-corrected chi connectivity index (χ0v) is 15.1. The number of aromatic nitrogens is 1. The van der Waals surface area contributed by atoms with Crippen molar-refractivity contribution >= 4 is 15.7 Å². The molecule has 2 aliphatic heterocycles. The predicted octanol–water partition coefficient (Wildman–Crippen LogP) is 1.89. The summed E-state index contributed by atoms with van der Waals surface area (Å²) in [7, 11) is -3.86. The van der Waals surface area contributed by atoms with E-state index in [1.54, 1.807) is 18.3 Å². The van der Waals surface area contributed by atoms with Crippen LogP contribution in [-0.2, 0) is 10.0 Å². The van der Waals surface area contributed by atoms with Crippen LogP contribution in [-0.4, -0.2) is 44.0 Å². The van der Waals surface area contributed by atoms with Gasteiger partial charge in [0.1, 0.15) is 5.82 Å². The number of nitrogens with two attached hydrogens (primary N) is 1. The van der Waals surface area contributed by atoms with Crippen molar-refractivity contribution in [3.05, 3.63) is 54.1 Å². The van der Waals surface area contributed by atoms with Gasteiger partial charge in [0, 0.05) is 18.8 Å². The molecule has 0 aliphatic carbocycles. The van der Waals surface area contributed by atoms with Crippen LogP contribution in [0.15, 0.2) is 47.5 Å². The van der Waals surface area contributed by atoms with E-state index in [0.29, 0.717) is 12.2 Å². The van der Waals surface area contributed by atoms with Gasteiger partial charge in [0.05, 0.1) is 28.9 Å². The van der Waals surface area contributed by atoms with Gasteiger partial charge in [0.15, 0.2) is 0 Å². The van der Waals surface area contributed by atoms with Crippen molar-refractivity contribution in [2.45, 2.75) is 29.8 Å². The molecule has 1 saturated heterocycles. The van der Waals surface area contributed by atoms with Crippen LogP contribution in [0, 0.1) is 5.82 Å². The SMILES string of the molecule is NC1CCCN(C2CN(S(=O)(=O)c3cccc(F)c3)c3cccnc32)C1. The van der Waals surface area contributed by atoms with Gasteiger partial charge in [0.2, 0.25) is 0 Å². The summed E-state index contributed by atoms with van der Waals surface area (Å²) in [5.41, 5.74) is 7.40. The number of pyridine rings is 1. The number of benzene rings is 1. The lowest BCUT2D eigenvalue weighted by atomic mass is 10.0. The second-order valence-electron chi connectivity index (χ2n) is 6.81. The van der Waals surface area contributed by atoms with Gasteiger partial charge in [-0.15, -0.1) is 0 Å². The van der Waals surface area contributed by atoms with Crippen LogP contribution in [0.25, 0.3) is 0 Å². The summed E-state index contributed by atoms with van der Waals surface area (Å²) in [6.45, 7) is 1.84. The highest BCUT2D eigenvalue weighted by molar-refractivity contribution is 7.92. The molecule has 3 heterocycles. The van der Waals surface area contributed by atoms with Crippen LogP contribution in [0.3, 0.4) is 0 Å². The summed E-state index contributed by atoms with van der Waals surface area (Å²) in [6.07, 6.45) is 3.63. The molecule has 0 spiro atoms. The van der Waals surface area contributed by atoms with E-state index in [1.807, 2.05) is 0 Å². The number of sulfonamides is 1. The van der Waals surface area contributed by atoms with Crippen molar-refractivity contribution in [1.82, 2.24) is 9.88 Å². The third-order valence-electron chi connectivity index (χ3n) is 5.05. The Balaban J connectivity index is 1.72. The lowest BCUT2D eigenvalue weighted by Crippen LogP contribution is -2.46. The van der Waals surface area contributed by atoms with Crippen LogP contribution in [0.1, 0.15) is 24.6 Å². The fourth-order valence-corrected chi connectivity index (χ4v) is 5.33. The lowest BCUT2D eigenvalue weighted by molar-refractivity contribution is 0.156. The third kappa shape index (κ3) is 2.98. The van der Waals surface area contributed by atoms with Crippen LogP contribution < -0.4 is 10.0 Å². The molecule has 1 aromatic heterocycles. The molecule has 2 aromatic rings. The molecular weight excluding hydrogens is 355 g/mol. The molecule has 2 unspecified atom stereocenters. The van der Waals surface area contributed by atoms with E-state index in [1.165, 1.54) is 22.5 Å². The summed E-state index contributed by atoms with van der Waals surface area (Å²) in [6, 6.07) is 8.53. The normalized spacial score (nSPS) is 23.8. The zero-order chi connectivity index (χ0) is 18.3. The first-order chi connectivity index (χ1) is 12.5. The molecule has 0 bridgehead atoms. The van der Waals surface area contributed by atoms with Crippen molar-refractivity contribution < 1.29 is 12.8 Å². The Morgan fingerprint density at radius 1 is 1.19 bits per heavy atom. The summed E-state index contributed by atoms with van der Waals surface area (Å²) < 4.78 is 41.2. The maximum atomic E-state index is 13.6. The van der Waals surface area contributed by atoms with Gasteiger partial charge in [-0.1, -0.05) is 6.07 Å². The summed E-state index contributed by atoms with van der Waals surface area (Å²) in [4.78, 5) is 6.61. The molecule has 26 heavy (non-hydrogen) atoms. The standard InChI is InChI=1S/C18H21FN4O2S/c19-13-4-1-6-15(10-13)26(24,25)23-12-17(18-16(23)7-2-8-21-18)22-9-3-5-14(20)11-22/h1-2,4,6-8,10,14,17H,3,5,9,11-12,20H2. The Labute approximate surface area is 152 Å². The summed E-state index contributed by atoms with van der Waals surface area (Å²) in [5, 5.41) is 0. The summed E-state index contributed by atoms with van der Waals surface area (Å²) >= 11 is 0. The molecule has 2 atom stereocenters. The Hall–Kier alpha value is -2.03. The fourth-order valence-electron chi connectivity index (χ4n) is 3.81. The van der Waals surface area contributed by atoms with Crippen LogP contribution >= 0.6 is 0 Å². The van der Waals surface area contributed by atoms with Gasteiger partial charge < -0.3 is 5.73 Å². The van der Waals surface area contributed by atoms with Crippen molar-refractivity contribution in [2.24, 2.45) is 5.73 Å². The smallest absolute Gasteiger partial charge is 0.264 e. The lowest BCUT2D eigenvalue weighted by Gasteiger charge is -2.35. The molecule has 0 saturated carbocycles. The zero-order valence-electron chi connectivity index (χ0n) is 14.3. The Morgan fingerprint density at radius 2 is 2.04 bits per heavy atom. The van der Waals surface area contributed by atoms with Gasteiger partial charge >= 0.3 is 0 Å². The molecule has 2 aliphatic rings. The van der Waals surface area contributed by atoms with E-state index in [4.69, 9.17) is 5.73 Å². The van der Waals surface area contributed by atoms with E-state index < -0.39 is 15.8 Å². The molecule has 2 N–H and O–H groups in total. The molecule has 8 heteroatoms. The van der Waals surface area contributed by atoms with E-state index in [0.717, 1.165) is 31.1 Å². The number of fused-ring (bicyclic) bond motifs is 1. The highest BCUT2D eigenvalue weighted by Gasteiger charge is 2.41. The fraction of sp³-hybridized carbons (Fsp3) is 0.389. The first-order valence-electron chi connectivity index (χ1n) is 8.69. The number of hydrogen-bond donors (Lipinski definition) is 1. The highest BCUT2D eigenvalue weighted by atomic mass is 32.2. The van der Waals surface area contributed by atoms with Crippen molar-refractivity contribution in [1.29, 1.82) is 0 Å². The third-order valence-corrected chi connectivity index (χ3v) is 6.83. The van der Waals surface area contributed by atoms with Crippen molar-refractivity contribution in [3.8, 4) is 0 Å². The number of anilines is 1. The van der Waals surface area contributed by atoms with Gasteiger partial charge in [-0.05, 0) is 49.7 Å². The maximum absolute atomic E-state index is 13.6. The van der Waals surface area contributed by atoms with Crippen molar-refractivity contribution in [3.63, 3.8) is 0 Å². The maximum Gasteiger partial charge on any atom is 0.264 e. The molecule has 138 valence electrons. The minimum Gasteiger partial charge on any atom is -0.327 e. The van der Waals surface area contributed by atoms with Gasteiger partial charge in [-0.2, -0.15) is 0 Å². The van der Waals surface area contributed by atoms with Gasteiger partial charge in [-0.25, -0.2) is 12.8 Å². The Bertz CT molecular complexity index is 921. The average Bonchev–Trinajstić information content (AvgIpc) is 3.02. The van der Waals surface area contributed by atoms with Crippen molar-refractivity contribution in [2.75, 3.05) is 23.9 Å². The van der Waals surface area contributed by atoms with Crippen LogP contribution in [0.5, 0.6) is 0 Å². The number of hydrogen-bond acceptors (Lipinski definition) is 5. The topological polar surface area (TPSA) is 79.5 Å². The number of nitrogens with zero attached hydrogens (tertiary/aromatic N) is 3. The van der Waals surface area contributed by atoms with E-state index in [-0.39, 0.29) is 23.5 Å². The first-order valence-corrected chi connectivity index (χ1v) is 10.1. The second kappa shape index (κ2) is 6.61. The number of likely N-dealkylation sites (tertiary alicyclic amines) is 1. The van der Waals surface area contributed by atoms with Gasteiger partial charge in [0.25, 0.3) is 10.0 Å². The quantitative estimate of drug-likeness (QED) is 0.885. The number of piperidine rings is 1. The average molecular weight is 376 g/mol.